The smallest absolute Gasteiger partial charge is 0.287 e. The molecule has 0 unspecified atom stereocenters. The minimum absolute atomic E-state index is 0.0445. The third-order valence-electron chi connectivity index (χ3n) is 5.51. The van der Waals surface area contributed by atoms with Gasteiger partial charge < -0.3 is 15.1 Å². The fourth-order valence-electron chi connectivity index (χ4n) is 4.97. The first kappa shape index (κ1) is 19.2. The largest absolute Gasteiger partial charge is 0.455 e. The van der Waals surface area contributed by atoms with Crippen LogP contribution < -0.4 is 10.6 Å². The van der Waals surface area contributed by atoms with Crippen LogP contribution in [-0.2, 0) is 6.42 Å². The Balaban J connectivity index is 1.83. The van der Waals surface area contributed by atoms with Crippen molar-refractivity contribution in [3.8, 4) is 0 Å². The Morgan fingerprint density at radius 1 is 1.08 bits per heavy atom. The second-order valence-corrected chi connectivity index (χ2v) is 10.3. The summed E-state index contributed by atoms with van der Waals surface area (Å²) in [5.41, 5.74) is 1.10. The second-order valence-electron chi connectivity index (χ2n) is 10.3. The summed E-state index contributed by atoms with van der Waals surface area (Å²) in [5, 5.41) is 6.77. The van der Waals surface area contributed by atoms with Crippen molar-refractivity contribution in [1.29, 1.82) is 0 Å². The first-order valence-corrected chi connectivity index (χ1v) is 9.54. The number of piperidine rings is 1. The predicted molar refractivity (Wildman–Crippen MR) is 102 cm³/mol. The Labute approximate surface area is 156 Å². The predicted octanol–water partition coefficient (Wildman–Crippen LogP) is 3.78. The molecule has 1 amide bonds. The summed E-state index contributed by atoms with van der Waals surface area (Å²) >= 11 is 0. The Hall–Kier alpha value is -1.62. The molecule has 0 saturated carbocycles. The number of furan rings is 1. The van der Waals surface area contributed by atoms with E-state index in [-0.39, 0.29) is 34.2 Å². The van der Waals surface area contributed by atoms with Crippen molar-refractivity contribution in [3.05, 3.63) is 22.6 Å². The van der Waals surface area contributed by atoms with Crippen molar-refractivity contribution in [3.63, 3.8) is 0 Å². The number of fused-ring (bicyclic) bond motifs is 1. The van der Waals surface area contributed by atoms with Crippen molar-refractivity contribution >= 4 is 11.7 Å². The number of carbonyl (C=O) groups is 2. The van der Waals surface area contributed by atoms with E-state index in [1.165, 1.54) is 0 Å². The molecule has 1 aliphatic heterocycles. The SMILES string of the molecule is Cc1c(C(=O)NC2CC(C)(C)NC(C)(C)C2)oc2c1C(=O)CC(C)(C)C2. The zero-order valence-corrected chi connectivity index (χ0v) is 17.1. The van der Waals surface area contributed by atoms with Crippen LogP contribution in [-0.4, -0.2) is 28.8 Å². The van der Waals surface area contributed by atoms with E-state index >= 15 is 0 Å². The summed E-state index contributed by atoms with van der Waals surface area (Å²) in [4.78, 5) is 25.4. The first-order valence-electron chi connectivity index (χ1n) is 9.54. The van der Waals surface area contributed by atoms with Crippen molar-refractivity contribution in [2.45, 2.75) is 91.3 Å². The molecule has 3 rings (SSSR count). The number of hydrogen-bond donors (Lipinski definition) is 2. The van der Waals surface area contributed by atoms with Crippen LogP contribution >= 0.6 is 0 Å². The summed E-state index contributed by atoms with van der Waals surface area (Å²) in [5.74, 6) is 0.844. The molecule has 26 heavy (non-hydrogen) atoms. The number of Topliss-reactive ketones (excluding diaryl/α,β-unsaturated/α-hetero) is 1. The van der Waals surface area contributed by atoms with Gasteiger partial charge in [-0.1, -0.05) is 13.8 Å². The lowest BCUT2D eigenvalue weighted by atomic mass is 9.76. The monoisotopic (exact) mass is 360 g/mol. The third kappa shape index (κ3) is 3.73. The maximum absolute atomic E-state index is 12.9. The van der Waals surface area contributed by atoms with Gasteiger partial charge in [-0.2, -0.15) is 0 Å². The molecule has 1 saturated heterocycles. The lowest BCUT2D eigenvalue weighted by Crippen LogP contribution is -2.62. The quantitative estimate of drug-likeness (QED) is 0.842. The standard InChI is InChI=1S/C21H32N2O3/c1-12-16-14(24)10-19(2,3)11-15(16)26-17(12)18(25)22-13-8-20(4,5)23-21(6,7)9-13/h13,23H,8-11H2,1-7H3,(H,22,25). The van der Waals surface area contributed by atoms with Gasteiger partial charge in [0, 0.05) is 35.5 Å². The molecule has 1 fully saturated rings. The van der Waals surface area contributed by atoms with Crippen molar-refractivity contribution in [1.82, 2.24) is 10.6 Å². The highest BCUT2D eigenvalue weighted by Crippen LogP contribution is 2.38. The first-order chi connectivity index (χ1) is 11.8. The van der Waals surface area contributed by atoms with Gasteiger partial charge in [-0.25, -0.2) is 0 Å². The molecule has 5 heteroatoms. The number of nitrogens with one attached hydrogen (secondary N) is 2. The average molecular weight is 360 g/mol. The molecule has 2 N–H and O–H groups in total. The minimum atomic E-state index is -0.207. The number of hydrogen-bond acceptors (Lipinski definition) is 4. The lowest BCUT2D eigenvalue weighted by molar-refractivity contribution is 0.0834. The average Bonchev–Trinajstić information content (AvgIpc) is 2.70. The van der Waals surface area contributed by atoms with E-state index in [1.54, 1.807) is 0 Å². The molecule has 2 heterocycles. The molecule has 1 aromatic rings. The molecule has 0 spiro atoms. The fourth-order valence-corrected chi connectivity index (χ4v) is 4.97. The third-order valence-corrected chi connectivity index (χ3v) is 5.51. The molecule has 2 aliphatic rings. The highest BCUT2D eigenvalue weighted by molar-refractivity contribution is 6.03. The van der Waals surface area contributed by atoms with Crippen LogP contribution in [0.15, 0.2) is 4.42 Å². The Bertz CT molecular complexity index is 740. The zero-order valence-electron chi connectivity index (χ0n) is 17.1. The van der Waals surface area contributed by atoms with E-state index < -0.39 is 0 Å². The van der Waals surface area contributed by atoms with Crippen LogP contribution in [0.4, 0.5) is 0 Å². The van der Waals surface area contributed by atoms with Gasteiger partial charge in [0.25, 0.3) is 5.91 Å². The van der Waals surface area contributed by atoms with Crippen LogP contribution in [0.1, 0.15) is 93.0 Å². The van der Waals surface area contributed by atoms with Crippen molar-refractivity contribution in [2.24, 2.45) is 5.41 Å². The van der Waals surface area contributed by atoms with Crippen LogP contribution in [0.3, 0.4) is 0 Å². The highest BCUT2D eigenvalue weighted by Gasteiger charge is 2.40. The maximum atomic E-state index is 12.9. The summed E-state index contributed by atoms with van der Waals surface area (Å²) in [6, 6.07) is 0.0717. The number of amides is 1. The van der Waals surface area contributed by atoms with Gasteiger partial charge in [-0.15, -0.1) is 0 Å². The number of rotatable bonds is 2. The number of ketones is 1. The van der Waals surface area contributed by atoms with E-state index in [2.05, 4.69) is 52.2 Å². The topological polar surface area (TPSA) is 71.3 Å². The van der Waals surface area contributed by atoms with Gasteiger partial charge in [-0.05, 0) is 52.9 Å². The second kappa shape index (κ2) is 5.95. The van der Waals surface area contributed by atoms with Crippen molar-refractivity contribution < 1.29 is 14.0 Å². The molecule has 1 aliphatic carbocycles. The molecular formula is C21H32N2O3. The van der Waals surface area contributed by atoms with Crippen LogP contribution in [0.25, 0.3) is 0 Å². The number of carbonyl (C=O) groups excluding carboxylic acids is 2. The summed E-state index contributed by atoms with van der Waals surface area (Å²) < 4.78 is 5.90. The molecule has 1 aromatic heterocycles. The van der Waals surface area contributed by atoms with Crippen LogP contribution in [0.5, 0.6) is 0 Å². The minimum Gasteiger partial charge on any atom is -0.455 e. The van der Waals surface area contributed by atoms with Crippen LogP contribution in [0, 0.1) is 12.3 Å². The van der Waals surface area contributed by atoms with E-state index in [0.29, 0.717) is 35.5 Å². The van der Waals surface area contributed by atoms with Gasteiger partial charge in [0.1, 0.15) is 5.76 Å². The van der Waals surface area contributed by atoms with Crippen LogP contribution in [0.2, 0.25) is 0 Å². The molecule has 0 aromatic carbocycles. The van der Waals surface area contributed by atoms with Gasteiger partial charge in [0.15, 0.2) is 11.5 Å². The Morgan fingerprint density at radius 3 is 2.23 bits per heavy atom. The Kier molecular flexibility index (Phi) is 4.38. The molecule has 0 atom stereocenters. The van der Waals surface area contributed by atoms with E-state index in [1.807, 2.05) is 6.92 Å². The van der Waals surface area contributed by atoms with E-state index in [4.69, 9.17) is 4.42 Å². The maximum Gasteiger partial charge on any atom is 0.287 e. The van der Waals surface area contributed by atoms with E-state index in [0.717, 1.165) is 12.8 Å². The fraction of sp³-hybridized carbons (Fsp3) is 0.714. The normalized spacial score (nSPS) is 24.2. The molecule has 0 bridgehead atoms. The summed E-state index contributed by atoms with van der Waals surface area (Å²) in [6.07, 6.45) is 2.90. The lowest BCUT2D eigenvalue weighted by Gasteiger charge is -2.46. The van der Waals surface area contributed by atoms with Gasteiger partial charge in [0.05, 0.1) is 5.56 Å². The van der Waals surface area contributed by atoms with Gasteiger partial charge in [-0.3, -0.25) is 9.59 Å². The molecular weight excluding hydrogens is 328 g/mol. The van der Waals surface area contributed by atoms with Gasteiger partial charge >= 0.3 is 0 Å². The highest BCUT2D eigenvalue weighted by atomic mass is 16.4. The Morgan fingerprint density at radius 2 is 1.65 bits per heavy atom. The molecule has 144 valence electrons. The zero-order chi connectivity index (χ0) is 19.5. The van der Waals surface area contributed by atoms with E-state index in [9.17, 15) is 9.59 Å². The van der Waals surface area contributed by atoms with Gasteiger partial charge in [0.2, 0.25) is 0 Å². The summed E-state index contributed by atoms with van der Waals surface area (Å²) in [6.45, 7) is 14.6. The molecule has 5 nitrogen and oxygen atoms in total. The molecule has 0 radical (unpaired) electrons. The van der Waals surface area contributed by atoms with Crippen molar-refractivity contribution in [2.75, 3.05) is 0 Å². The summed E-state index contributed by atoms with van der Waals surface area (Å²) in [7, 11) is 0.